The highest BCUT2D eigenvalue weighted by Crippen LogP contribution is 2.37. The predicted molar refractivity (Wildman–Crippen MR) is 94.2 cm³/mol. The number of thioether (sulfide) groups is 1. The van der Waals surface area contributed by atoms with Crippen molar-refractivity contribution >= 4 is 29.3 Å². The van der Waals surface area contributed by atoms with Crippen molar-refractivity contribution in [2.75, 3.05) is 12.9 Å². The summed E-state index contributed by atoms with van der Waals surface area (Å²) >= 11 is 7.93. The number of nitrogens with one attached hydrogen (secondary N) is 1. The number of amides is 1. The third-order valence-corrected chi connectivity index (χ3v) is 5.24. The zero-order valence-electron chi connectivity index (χ0n) is 12.8. The van der Waals surface area contributed by atoms with Crippen molar-refractivity contribution in [2.45, 2.75) is 24.0 Å². The molecule has 3 nitrogen and oxygen atoms in total. The second kappa shape index (κ2) is 7.39. The molecule has 3 rings (SSSR count). The second-order valence-corrected chi connectivity index (χ2v) is 7.01. The number of hydrogen-bond acceptors (Lipinski definition) is 3. The average Bonchev–Trinajstić information content (AvgIpc) is 2.56. The first kappa shape index (κ1) is 16.4. The zero-order chi connectivity index (χ0) is 16.2. The topological polar surface area (TPSA) is 38.3 Å². The van der Waals surface area contributed by atoms with Gasteiger partial charge in [0.05, 0.1) is 12.6 Å². The van der Waals surface area contributed by atoms with Crippen molar-refractivity contribution in [1.29, 1.82) is 0 Å². The highest BCUT2D eigenvalue weighted by molar-refractivity contribution is 7.99. The molecule has 0 saturated carbocycles. The molecule has 1 heterocycles. The number of methoxy groups -OCH3 is 1. The molecule has 0 radical (unpaired) electrons. The van der Waals surface area contributed by atoms with Crippen LogP contribution in [0.3, 0.4) is 0 Å². The van der Waals surface area contributed by atoms with E-state index in [1.54, 1.807) is 18.9 Å². The van der Waals surface area contributed by atoms with E-state index in [0.717, 1.165) is 23.3 Å². The summed E-state index contributed by atoms with van der Waals surface area (Å²) in [6.45, 7) is 0.423. The summed E-state index contributed by atoms with van der Waals surface area (Å²) < 4.78 is 5.18. The Balaban J connectivity index is 1.83. The van der Waals surface area contributed by atoms with E-state index >= 15 is 0 Å². The molecule has 0 aliphatic carbocycles. The SMILES string of the molecule is COCc1ccccc1C(=O)N[C@@H]1CCSc2ccc(Cl)cc21. The maximum absolute atomic E-state index is 12.7. The van der Waals surface area contributed by atoms with Gasteiger partial charge < -0.3 is 10.1 Å². The Bertz CT molecular complexity index is 720. The maximum atomic E-state index is 12.7. The van der Waals surface area contributed by atoms with E-state index in [2.05, 4.69) is 5.32 Å². The lowest BCUT2D eigenvalue weighted by Gasteiger charge is -2.26. The molecule has 1 aliphatic heterocycles. The number of halogens is 1. The van der Waals surface area contributed by atoms with Gasteiger partial charge in [-0.15, -0.1) is 11.8 Å². The van der Waals surface area contributed by atoms with Crippen molar-refractivity contribution in [2.24, 2.45) is 0 Å². The van der Waals surface area contributed by atoms with E-state index in [0.29, 0.717) is 17.2 Å². The fourth-order valence-corrected chi connectivity index (χ4v) is 4.06. The number of hydrogen-bond donors (Lipinski definition) is 1. The summed E-state index contributed by atoms with van der Waals surface area (Å²) in [4.78, 5) is 13.9. The highest BCUT2D eigenvalue weighted by atomic mass is 35.5. The Hall–Kier alpha value is -1.49. The molecule has 120 valence electrons. The maximum Gasteiger partial charge on any atom is 0.252 e. The fraction of sp³-hybridized carbons (Fsp3) is 0.278. The molecule has 1 amide bonds. The van der Waals surface area contributed by atoms with Crippen molar-refractivity contribution in [1.82, 2.24) is 5.32 Å². The van der Waals surface area contributed by atoms with Gasteiger partial charge in [-0.2, -0.15) is 0 Å². The van der Waals surface area contributed by atoms with E-state index < -0.39 is 0 Å². The molecular weight excluding hydrogens is 330 g/mol. The van der Waals surface area contributed by atoms with Gasteiger partial charge in [0.1, 0.15) is 0 Å². The van der Waals surface area contributed by atoms with Gasteiger partial charge in [0.2, 0.25) is 0 Å². The monoisotopic (exact) mass is 347 g/mol. The number of carbonyl (C=O) groups is 1. The molecular formula is C18H18ClNO2S. The van der Waals surface area contributed by atoms with E-state index in [1.165, 1.54) is 4.90 Å². The van der Waals surface area contributed by atoms with E-state index in [9.17, 15) is 4.79 Å². The number of ether oxygens (including phenoxy) is 1. The van der Waals surface area contributed by atoms with Gasteiger partial charge in [0, 0.05) is 28.3 Å². The van der Waals surface area contributed by atoms with Crippen molar-refractivity contribution in [3.63, 3.8) is 0 Å². The number of rotatable bonds is 4. The van der Waals surface area contributed by atoms with Crippen LogP contribution in [0.5, 0.6) is 0 Å². The Kier molecular flexibility index (Phi) is 5.26. The first-order valence-electron chi connectivity index (χ1n) is 7.49. The summed E-state index contributed by atoms with van der Waals surface area (Å²) in [6.07, 6.45) is 0.899. The van der Waals surface area contributed by atoms with E-state index in [4.69, 9.17) is 16.3 Å². The first-order chi connectivity index (χ1) is 11.2. The van der Waals surface area contributed by atoms with Crippen LogP contribution in [0.2, 0.25) is 5.02 Å². The molecule has 0 spiro atoms. The van der Waals surface area contributed by atoms with E-state index in [-0.39, 0.29) is 11.9 Å². The standard InChI is InChI=1S/C18H18ClNO2S/c1-22-11-12-4-2-3-5-14(12)18(21)20-16-8-9-23-17-7-6-13(19)10-15(16)17/h2-7,10,16H,8-9,11H2,1H3,(H,20,21)/t16-/m1/s1. The Morgan fingerprint density at radius 3 is 3.00 bits per heavy atom. The summed E-state index contributed by atoms with van der Waals surface area (Å²) in [5.41, 5.74) is 2.66. The minimum Gasteiger partial charge on any atom is -0.380 e. The van der Waals surface area contributed by atoms with Gasteiger partial charge in [-0.05, 0) is 41.8 Å². The minimum absolute atomic E-state index is 0.00643. The van der Waals surface area contributed by atoms with Gasteiger partial charge in [0.15, 0.2) is 0 Å². The molecule has 5 heteroatoms. The lowest BCUT2D eigenvalue weighted by Crippen LogP contribution is -2.31. The molecule has 0 bridgehead atoms. The molecule has 1 atom stereocenters. The van der Waals surface area contributed by atoms with E-state index in [1.807, 2.05) is 42.5 Å². The van der Waals surface area contributed by atoms with Gasteiger partial charge in [-0.25, -0.2) is 0 Å². The van der Waals surface area contributed by atoms with Gasteiger partial charge >= 0.3 is 0 Å². The van der Waals surface area contributed by atoms with Crippen LogP contribution in [0.25, 0.3) is 0 Å². The molecule has 0 saturated heterocycles. The summed E-state index contributed by atoms with van der Waals surface area (Å²) in [7, 11) is 1.63. The molecule has 23 heavy (non-hydrogen) atoms. The largest absolute Gasteiger partial charge is 0.380 e. The van der Waals surface area contributed by atoms with Crippen LogP contribution in [0.15, 0.2) is 47.4 Å². The first-order valence-corrected chi connectivity index (χ1v) is 8.85. The highest BCUT2D eigenvalue weighted by Gasteiger charge is 2.23. The van der Waals surface area contributed by atoms with Crippen LogP contribution in [0.4, 0.5) is 0 Å². The average molecular weight is 348 g/mol. The smallest absolute Gasteiger partial charge is 0.252 e. The van der Waals surface area contributed by atoms with Crippen LogP contribution < -0.4 is 5.32 Å². The van der Waals surface area contributed by atoms with Gasteiger partial charge in [-0.1, -0.05) is 29.8 Å². The number of carbonyl (C=O) groups excluding carboxylic acids is 1. The Labute approximate surface area is 145 Å². The summed E-state index contributed by atoms with van der Waals surface area (Å²) in [5, 5.41) is 3.85. The Morgan fingerprint density at radius 1 is 1.35 bits per heavy atom. The quantitative estimate of drug-likeness (QED) is 0.887. The molecule has 0 aromatic heterocycles. The predicted octanol–water partition coefficient (Wildman–Crippen LogP) is 4.45. The van der Waals surface area contributed by atoms with Crippen LogP contribution in [0, 0.1) is 0 Å². The molecule has 2 aromatic rings. The van der Waals surface area contributed by atoms with Crippen molar-refractivity contribution < 1.29 is 9.53 Å². The summed E-state index contributed by atoms with van der Waals surface area (Å²) in [6, 6.07) is 13.4. The molecule has 0 fully saturated rings. The molecule has 1 N–H and O–H groups in total. The normalized spacial score (nSPS) is 16.7. The van der Waals surface area contributed by atoms with Crippen LogP contribution in [0.1, 0.15) is 33.9 Å². The fourth-order valence-electron chi connectivity index (χ4n) is 2.77. The second-order valence-electron chi connectivity index (χ2n) is 5.44. The van der Waals surface area contributed by atoms with Crippen molar-refractivity contribution in [3.05, 3.63) is 64.2 Å². The van der Waals surface area contributed by atoms with Gasteiger partial charge in [0.25, 0.3) is 5.91 Å². The lowest BCUT2D eigenvalue weighted by atomic mass is 10.0. The molecule has 1 aliphatic rings. The third kappa shape index (κ3) is 3.71. The van der Waals surface area contributed by atoms with Crippen LogP contribution in [-0.4, -0.2) is 18.8 Å². The summed E-state index contributed by atoms with van der Waals surface area (Å²) in [5.74, 6) is 0.916. The third-order valence-electron chi connectivity index (χ3n) is 3.88. The van der Waals surface area contributed by atoms with Crippen LogP contribution >= 0.6 is 23.4 Å². The lowest BCUT2D eigenvalue weighted by molar-refractivity contribution is 0.0930. The molecule has 2 aromatic carbocycles. The molecule has 0 unspecified atom stereocenters. The number of fused-ring (bicyclic) bond motifs is 1. The Morgan fingerprint density at radius 2 is 2.17 bits per heavy atom. The minimum atomic E-state index is -0.0690. The van der Waals surface area contributed by atoms with Gasteiger partial charge in [-0.3, -0.25) is 4.79 Å². The van der Waals surface area contributed by atoms with Crippen molar-refractivity contribution in [3.8, 4) is 0 Å². The zero-order valence-corrected chi connectivity index (χ0v) is 14.4. The van der Waals surface area contributed by atoms with Crippen LogP contribution in [-0.2, 0) is 11.3 Å². The number of benzene rings is 2.